The van der Waals surface area contributed by atoms with E-state index in [-0.39, 0.29) is 25.6 Å². The number of quaternary nitrogens is 1. The lowest BCUT2D eigenvalue weighted by Gasteiger charge is -2.24. The first kappa shape index (κ1) is 59.0. The highest BCUT2D eigenvalue weighted by molar-refractivity contribution is 7.47. The van der Waals surface area contributed by atoms with Crippen molar-refractivity contribution in [1.29, 1.82) is 0 Å². The lowest BCUT2D eigenvalue weighted by atomic mass is 10.0. The summed E-state index contributed by atoms with van der Waals surface area (Å²) in [4.78, 5) is 35.5. The number of nitrogens with zero attached hydrogens (tertiary/aromatic N) is 1. The van der Waals surface area contributed by atoms with Gasteiger partial charge in [0, 0.05) is 12.8 Å². The highest BCUT2D eigenvalue weighted by Crippen LogP contribution is 2.43. The van der Waals surface area contributed by atoms with Crippen LogP contribution < -0.4 is 0 Å². The van der Waals surface area contributed by atoms with E-state index in [4.69, 9.17) is 18.5 Å². The Morgan fingerprint density at radius 3 is 1.39 bits per heavy atom. The van der Waals surface area contributed by atoms with Crippen LogP contribution in [-0.2, 0) is 32.7 Å². The number of ether oxygens (including phenoxy) is 2. The molecule has 0 aromatic heterocycles. The summed E-state index contributed by atoms with van der Waals surface area (Å²) in [5.41, 5.74) is 0. The number of unbranched alkanes of at least 4 members (excludes halogenated alkanes) is 23. The maximum Gasteiger partial charge on any atom is 0.472 e. The summed E-state index contributed by atoms with van der Waals surface area (Å²) in [7, 11) is 1.48. The second kappa shape index (κ2) is 43.2. The first-order valence-corrected chi connectivity index (χ1v) is 26.4. The maximum absolute atomic E-state index is 12.7. The molecule has 0 fully saturated rings. The van der Waals surface area contributed by atoms with E-state index in [1.807, 2.05) is 21.1 Å². The van der Waals surface area contributed by atoms with Crippen molar-refractivity contribution in [3.8, 4) is 0 Å². The lowest BCUT2D eigenvalue weighted by molar-refractivity contribution is -0.870. The number of hydrogen-bond donors (Lipinski definition) is 1. The summed E-state index contributed by atoms with van der Waals surface area (Å²) < 4.78 is 34.4. The van der Waals surface area contributed by atoms with E-state index in [1.165, 1.54) is 116 Å². The van der Waals surface area contributed by atoms with Gasteiger partial charge in [-0.3, -0.25) is 18.6 Å². The van der Waals surface area contributed by atoms with E-state index in [1.54, 1.807) is 0 Å². The maximum atomic E-state index is 12.7. The predicted octanol–water partition coefficient (Wildman–Crippen LogP) is 14.6. The second-order valence-corrected chi connectivity index (χ2v) is 19.3. The molecule has 61 heavy (non-hydrogen) atoms. The van der Waals surface area contributed by atoms with Gasteiger partial charge in [-0.1, -0.05) is 197 Å². The SMILES string of the molecule is CC/C=C\C/C=C\C/C=C\C/C=C\CCCCCCCCCCCCCCC(=O)OC(COC(=O)CCCCCCCCCCCCCC)COP(=O)(O)OCC[N+](C)(C)C. The largest absolute Gasteiger partial charge is 0.472 e. The molecule has 0 aliphatic rings. The van der Waals surface area contributed by atoms with Gasteiger partial charge in [0.05, 0.1) is 27.7 Å². The van der Waals surface area contributed by atoms with Crippen molar-refractivity contribution in [1.82, 2.24) is 0 Å². The number of hydrogen-bond acceptors (Lipinski definition) is 7. The quantitative estimate of drug-likeness (QED) is 0.0212. The first-order valence-electron chi connectivity index (χ1n) is 24.9. The van der Waals surface area contributed by atoms with Crippen LogP contribution in [0.15, 0.2) is 48.6 Å². The van der Waals surface area contributed by atoms with Crippen LogP contribution in [0.2, 0.25) is 0 Å². The highest BCUT2D eigenvalue weighted by Gasteiger charge is 2.27. The van der Waals surface area contributed by atoms with Gasteiger partial charge in [-0.15, -0.1) is 0 Å². The molecule has 1 N–H and O–H groups in total. The standard InChI is InChI=1S/C51H94NO8P/c1-6-8-10-12-14-16-18-20-21-22-23-24-25-26-27-28-29-30-31-32-34-36-38-40-42-44-51(54)60-49(48-59-61(55,56)58-46-45-52(3,4)5)47-57-50(53)43-41-39-37-35-33-19-17-15-13-11-9-7-2/h8,10,14,16,20-21,23-24,49H,6-7,9,11-13,15,17-19,22,25-48H2,1-5H3/p+1/b10-8-,16-14-,21-20-,24-23-. The summed E-state index contributed by atoms with van der Waals surface area (Å²) in [5, 5.41) is 0. The zero-order valence-electron chi connectivity index (χ0n) is 40.1. The third-order valence-corrected chi connectivity index (χ3v) is 11.6. The van der Waals surface area contributed by atoms with Gasteiger partial charge in [-0.2, -0.15) is 0 Å². The lowest BCUT2D eigenvalue weighted by Crippen LogP contribution is -2.37. The minimum absolute atomic E-state index is 0.0317. The average molecular weight is 881 g/mol. The van der Waals surface area contributed by atoms with Crippen molar-refractivity contribution in [2.24, 2.45) is 0 Å². The average Bonchev–Trinajstić information content (AvgIpc) is 3.21. The predicted molar refractivity (Wildman–Crippen MR) is 257 cm³/mol. The van der Waals surface area contributed by atoms with Crippen molar-refractivity contribution in [2.45, 2.75) is 219 Å². The molecule has 0 rings (SSSR count). The van der Waals surface area contributed by atoms with Crippen molar-refractivity contribution < 1.29 is 42.1 Å². The monoisotopic (exact) mass is 881 g/mol. The van der Waals surface area contributed by atoms with Crippen LogP contribution in [0.1, 0.15) is 213 Å². The van der Waals surface area contributed by atoms with Gasteiger partial charge in [0.2, 0.25) is 0 Å². The molecule has 0 heterocycles. The number of rotatable bonds is 45. The molecular formula is C51H95NO8P+. The summed E-state index contributed by atoms with van der Waals surface area (Å²) >= 11 is 0. The Hall–Kier alpha value is -2.03. The Kier molecular flexibility index (Phi) is 41.8. The van der Waals surface area contributed by atoms with Crippen molar-refractivity contribution in [3.63, 3.8) is 0 Å². The molecule has 0 aromatic rings. The molecule has 0 amide bonds. The zero-order chi connectivity index (χ0) is 45.0. The fourth-order valence-corrected chi connectivity index (χ4v) is 7.51. The number of phosphoric ester groups is 1. The highest BCUT2D eigenvalue weighted by atomic mass is 31.2. The van der Waals surface area contributed by atoms with Crippen molar-refractivity contribution >= 4 is 19.8 Å². The molecule has 2 unspecified atom stereocenters. The molecule has 356 valence electrons. The number of allylic oxidation sites excluding steroid dienone is 8. The molecule has 0 spiro atoms. The summed E-state index contributed by atoms with van der Waals surface area (Å²) in [5.74, 6) is -0.796. The van der Waals surface area contributed by atoms with E-state index >= 15 is 0 Å². The van der Waals surface area contributed by atoms with Gasteiger partial charge in [-0.05, 0) is 51.4 Å². The van der Waals surface area contributed by atoms with Gasteiger partial charge < -0.3 is 18.9 Å². The van der Waals surface area contributed by atoms with Crippen LogP contribution in [0.3, 0.4) is 0 Å². The summed E-state index contributed by atoms with van der Waals surface area (Å²) in [6.45, 7) is 4.32. The minimum Gasteiger partial charge on any atom is -0.462 e. The number of phosphoric acid groups is 1. The molecule has 0 aliphatic carbocycles. The van der Waals surface area contributed by atoms with Gasteiger partial charge in [0.1, 0.15) is 19.8 Å². The van der Waals surface area contributed by atoms with Crippen LogP contribution in [0.25, 0.3) is 0 Å². The van der Waals surface area contributed by atoms with E-state index in [2.05, 4.69) is 62.5 Å². The Balaban J connectivity index is 4.19. The minimum atomic E-state index is -4.38. The number of esters is 2. The van der Waals surface area contributed by atoms with Crippen LogP contribution >= 0.6 is 7.82 Å². The molecule has 10 heteroatoms. The van der Waals surface area contributed by atoms with Crippen LogP contribution in [-0.4, -0.2) is 74.9 Å². The summed E-state index contributed by atoms with van der Waals surface area (Å²) in [6, 6.07) is 0. The summed E-state index contributed by atoms with van der Waals surface area (Å²) in [6.07, 6.45) is 51.6. The first-order chi connectivity index (χ1) is 29.5. The molecular weight excluding hydrogens is 786 g/mol. The van der Waals surface area contributed by atoms with Gasteiger partial charge in [0.25, 0.3) is 0 Å². The zero-order valence-corrected chi connectivity index (χ0v) is 41.0. The number of carbonyl (C=O) groups is 2. The van der Waals surface area contributed by atoms with Gasteiger partial charge in [0.15, 0.2) is 6.10 Å². The Labute approximate surface area is 375 Å². The number of likely N-dealkylation sites (N-methyl/N-ethyl adjacent to an activating group) is 1. The number of carbonyl (C=O) groups excluding carboxylic acids is 2. The molecule has 0 bridgehead atoms. The topological polar surface area (TPSA) is 108 Å². The molecule has 2 atom stereocenters. The molecule has 0 saturated heterocycles. The van der Waals surface area contributed by atoms with Crippen molar-refractivity contribution in [2.75, 3.05) is 47.5 Å². The normalized spacial score (nSPS) is 13.9. The van der Waals surface area contributed by atoms with E-state index in [0.29, 0.717) is 23.9 Å². The van der Waals surface area contributed by atoms with Crippen molar-refractivity contribution in [3.05, 3.63) is 48.6 Å². The third-order valence-electron chi connectivity index (χ3n) is 10.6. The molecule has 0 aromatic carbocycles. The smallest absolute Gasteiger partial charge is 0.462 e. The van der Waals surface area contributed by atoms with E-state index in [9.17, 15) is 19.0 Å². The molecule has 0 aliphatic heterocycles. The fourth-order valence-electron chi connectivity index (χ4n) is 6.77. The molecule has 0 radical (unpaired) electrons. The Morgan fingerprint density at radius 2 is 0.934 bits per heavy atom. The molecule has 0 saturated carbocycles. The van der Waals surface area contributed by atoms with E-state index < -0.39 is 26.5 Å². The van der Waals surface area contributed by atoms with Gasteiger partial charge in [-0.25, -0.2) is 4.57 Å². The van der Waals surface area contributed by atoms with Gasteiger partial charge >= 0.3 is 19.8 Å². The Morgan fingerprint density at radius 1 is 0.525 bits per heavy atom. The third kappa shape index (κ3) is 47.3. The van der Waals surface area contributed by atoms with Crippen LogP contribution in [0, 0.1) is 0 Å². The molecule has 9 nitrogen and oxygen atoms in total. The Bertz CT molecular complexity index is 1180. The van der Waals surface area contributed by atoms with E-state index in [0.717, 1.165) is 64.2 Å². The fraction of sp³-hybridized carbons (Fsp3) is 0.804. The van der Waals surface area contributed by atoms with Crippen LogP contribution in [0.4, 0.5) is 0 Å². The second-order valence-electron chi connectivity index (χ2n) is 17.8. The van der Waals surface area contributed by atoms with Crippen LogP contribution in [0.5, 0.6) is 0 Å².